The van der Waals surface area contributed by atoms with E-state index in [0.717, 1.165) is 24.3 Å². The fourth-order valence-corrected chi connectivity index (χ4v) is 3.96. The average molecular weight is 612 g/mol. The number of nitrogens with one attached hydrogen (secondary N) is 2. The number of benzene rings is 2. The second kappa shape index (κ2) is 17.0. The molecule has 0 aromatic heterocycles. The van der Waals surface area contributed by atoms with Crippen molar-refractivity contribution in [2.75, 3.05) is 19.3 Å². The number of ether oxygens (including phenoxy) is 1. The highest BCUT2D eigenvalue weighted by Crippen LogP contribution is 2.14. The Kier molecular flexibility index (Phi) is 14.8. The molecule has 41 heavy (non-hydrogen) atoms. The molecule has 0 aliphatic carbocycles. The Morgan fingerprint density at radius 2 is 1.63 bits per heavy atom. The van der Waals surface area contributed by atoms with Crippen molar-refractivity contribution < 1.29 is 49.8 Å². The zero-order chi connectivity index (χ0) is 31.2. The van der Waals surface area contributed by atoms with Crippen molar-refractivity contribution in [3.63, 3.8) is 0 Å². The summed E-state index contributed by atoms with van der Waals surface area (Å²) in [4.78, 5) is 21.3. The maximum atomic E-state index is 13.6. The van der Waals surface area contributed by atoms with E-state index in [1.165, 1.54) is 17.7 Å². The zero-order valence-electron chi connectivity index (χ0n) is 22.5. The third-order valence-electron chi connectivity index (χ3n) is 5.39. The largest absolute Gasteiger partial charge is 0.490 e. The predicted molar refractivity (Wildman–Crippen MR) is 141 cm³/mol. The topological polar surface area (TPSA) is 148 Å². The smallest absolute Gasteiger partial charge is 0.475 e. The highest BCUT2D eigenvalue weighted by atomic mass is 32.2. The molecule has 0 aliphatic heterocycles. The van der Waals surface area contributed by atoms with Crippen molar-refractivity contribution in [3.8, 4) is 0 Å². The lowest BCUT2D eigenvalue weighted by atomic mass is 10.0. The summed E-state index contributed by atoms with van der Waals surface area (Å²) in [6, 6.07) is 10.5. The minimum atomic E-state index is -5.08. The highest BCUT2D eigenvalue weighted by Gasteiger charge is 2.38. The number of nitrogens with two attached hydrogens (primary N) is 1. The lowest BCUT2D eigenvalue weighted by molar-refractivity contribution is -0.192. The number of aryl methyl sites for hydroxylation is 1. The Labute approximate surface area is 235 Å². The van der Waals surface area contributed by atoms with Gasteiger partial charge in [0, 0.05) is 38.2 Å². The van der Waals surface area contributed by atoms with E-state index in [1.54, 1.807) is 0 Å². The van der Waals surface area contributed by atoms with Gasteiger partial charge in [0.2, 0.25) is 10.0 Å². The molecule has 0 radical (unpaired) electrons. The number of aliphatic carboxylic acids is 1. The van der Waals surface area contributed by atoms with Crippen LogP contribution in [0.2, 0.25) is 0 Å². The lowest BCUT2D eigenvalue weighted by Gasteiger charge is -2.25. The van der Waals surface area contributed by atoms with Gasteiger partial charge in [0.25, 0.3) is 0 Å². The van der Waals surface area contributed by atoms with E-state index in [-0.39, 0.29) is 32.4 Å². The van der Waals surface area contributed by atoms with Gasteiger partial charge in [0.05, 0.1) is 6.26 Å². The van der Waals surface area contributed by atoms with Crippen LogP contribution in [0.15, 0.2) is 42.5 Å². The second-order valence-electron chi connectivity index (χ2n) is 9.05. The van der Waals surface area contributed by atoms with Crippen molar-refractivity contribution in [2.24, 2.45) is 5.73 Å². The first-order valence-electron chi connectivity index (χ1n) is 12.4. The van der Waals surface area contributed by atoms with Crippen molar-refractivity contribution >= 4 is 22.0 Å². The molecule has 0 spiro atoms. The van der Waals surface area contributed by atoms with Crippen molar-refractivity contribution in [2.45, 2.75) is 57.5 Å². The number of esters is 1. The SMILES string of the molecule is CCc1cccc(CNC[C@@H](OC(=O)CCCNS(C)(=O)=O)[C@@H](N)Cc2cc(F)cc(F)c2)c1.O=C(O)C(F)(F)F. The number of alkyl halides is 3. The van der Waals surface area contributed by atoms with Gasteiger partial charge >= 0.3 is 18.1 Å². The summed E-state index contributed by atoms with van der Waals surface area (Å²) in [6.45, 7) is 2.95. The number of hydrogen-bond acceptors (Lipinski definition) is 7. The summed E-state index contributed by atoms with van der Waals surface area (Å²) in [6.07, 6.45) is -3.51. The van der Waals surface area contributed by atoms with Crippen molar-refractivity contribution in [3.05, 3.63) is 70.8 Å². The summed E-state index contributed by atoms with van der Waals surface area (Å²) >= 11 is 0. The number of carboxylic acids is 1. The van der Waals surface area contributed by atoms with Crippen LogP contribution in [0.4, 0.5) is 22.0 Å². The maximum absolute atomic E-state index is 13.6. The lowest BCUT2D eigenvalue weighted by Crippen LogP contribution is -2.46. The first kappa shape index (κ1) is 35.9. The fraction of sp³-hybridized carbons (Fsp3) is 0.462. The molecule has 2 atom stereocenters. The molecule has 2 aromatic carbocycles. The fourth-order valence-electron chi connectivity index (χ4n) is 3.45. The summed E-state index contributed by atoms with van der Waals surface area (Å²) < 4.78 is 89.0. The number of hydrogen-bond donors (Lipinski definition) is 4. The molecule has 0 aliphatic rings. The van der Waals surface area contributed by atoms with Gasteiger partial charge in [-0.15, -0.1) is 0 Å². The monoisotopic (exact) mass is 611 g/mol. The van der Waals surface area contributed by atoms with Gasteiger partial charge in [-0.05, 0) is 48.1 Å². The quantitative estimate of drug-likeness (QED) is 0.145. The molecular weight excluding hydrogens is 577 g/mol. The van der Waals surface area contributed by atoms with Crippen LogP contribution in [0.3, 0.4) is 0 Å². The van der Waals surface area contributed by atoms with Gasteiger partial charge < -0.3 is 20.9 Å². The maximum Gasteiger partial charge on any atom is 0.490 e. The van der Waals surface area contributed by atoms with E-state index in [2.05, 4.69) is 23.0 Å². The van der Waals surface area contributed by atoms with Crippen molar-refractivity contribution in [1.82, 2.24) is 10.0 Å². The average Bonchev–Trinajstić information content (AvgIpc) is 2.84. The molecule has 15 heteroatoms. The first-order valence-corrected chi connectivity index (χ1v) is 14.3. The number of carboxylic acid groups (broad SMARTS) is 1. The Morgan fingerprint density at radius 1 is 1.05 bits per heavy atom. The molecule has 2 rings (SSSR count). The van der Waals surface area contributed by atoms with Crippen LogP contribution in [0.25, 0.3) is 0 Å². The van der Waals surface area contributed by atoms with Gasteiger partial charge in [-0.25, -0.2) is 26.7 Å². The third kappa shape index (κ3) is 16.0. The summed E-state index contributed by atoms with van der Waals surface area (Å²) in [7, 11) is -3.34. The molecule has 5 N–H and O–H groups in total. The van der Waals surface area contributed by atoms with Crippen molar-refractivity contribution in [1.29, 1.82) is 0 Å². The molecular formula is C26H34F5N3O6S. The molecule has 0 saturated carbocycles. The van der Waals surface area contributed by atoms with Crippen LogP contribution in [0, 0.1) is 11.6 Å². The number of carbonyl (C=O) groups excluding carboxylic acids is 1. The number of halogens is 5. The van der Waals surface area contributed by atoms with E-state index in [0.29, 0.717) is 12.1 Å². The normalized spacial score (nSPS) is 13.1. The van der Waals surface area contributed by atoms with Crippen LogP contribution in [-0.4, -0.2) is 63.1 Å². The van der Waals surface area contributed by atoms with Crippen LogP contribution < -0.4 is 15.8 Å². The summed E-state index contributed by atoms with van der Waals surface area (Å²) in [5.74, 6) is -4.70. The van der Waals surface area contributed by atoms with E-state index >= 15 is 0 Å². The van der Waals surface area contributed by atoms with E-state index < -0.39 is 51.9 Å². The van der Waals surface area contributed by atoms with Crippen LogP contribution >= 0.6 is 0 Å². The molecule has 0 fully saturated rings. The van der Waals surface area contributed by atoms with Crippen LogP contribution in [0.5, 0.6) is 0 Å². The first-order chi connectivity index (χ1) is 19.0. The second-order valence-corrected chi connectivity index (χ2v) is 10.9. The molecule has 230 valence electrons. The highest BCUT2D eigenvalue weighted by molar-refractivity contribution is 7.88. The zero-order valence-corrected chi connectivity index (χ0v) is 23.3. The molecule has 0 saturated heterocycles. The number of sulfonamides is 1. The molecule has 0 unspecified atom stereocenters. The van der Waals surface area contributed by atoms with Gasteiger partial charge in [-0.2, -0.15) is 13.2 Å². The Balaban J connectivity index is 0.00000106. The predicted octanol–water partition coefficient (Wildman–Crippen LogP) is 3.06. The van der Waals surface area contributed by atoms with Gasteiger partial charge in [-0.3, -0.25) is 4.79 Å². The standard InChI is InChI=1S/C24H33F2N3O4S.C2HF3O2/c1-3-17-6-4-7-18(10-17)15-28-16-23(33-24(30)8-5-9-29-34(2,31)32)22(27)13-19-11-20(25)14-21(26)12-19;3-2(4,5)1(6)7/h4,6-7,10-12,14,22-23,28-29H,3,5,8-9,13,15-16,27H2,1-2H3;(H,6,7)/t22-,23+;/m0./s1. The number of carbonyl (C=O) groups is 2. The molecule has 2 aromatic rings. The Morgan fingerprint density at radius 3 is 2.17 bits per heavy atom. The van der Waals surface area contributed by atoms with E-state index in [1.807, 2.05) is 18.2 Å². The number of rotatable bonds is 14. The minimum absolute atomic E-state index is 0.00111. The minimum Gasteiger partial charge on any atom is -0.475 e. The van der Waals surface area contributed by atoms with Gasteiger partial charge in [0.1, 0.15) is 17.7 Å². The molecule has 0 bridgehead atoms. The summed E-state index contributed by atoms with van der Waals surface area (Å²) in [5, 5.41) is 10.4. The van der Waals surface area contributed by atoms with Gasteiger partial charge in [0.15, 0.2) is 0 Å². The third-order valence-corrected chi connectivity index (χ3v) is 6.12. The molecule has 0 heterocycles. The van der Waals surface area contributed by atoms with E-state index in [4.69, 9.17) is 20.4 Å². The van der Waals surface area contributed by atoms with Crippen LogP contribution in [0.1, 0.15) is 36.5 Å². The Bertz CT molecular complexity index is 1220. The van der Waals surface area contributed by atoms with Gasteiger partial charge in [-0.1, -0.05) is 31.2 Å². The molecule has 9 nitrogen and oxygen atoms in total. The summed E-state index contributed by atoms with van der Waals surface area (Å²) in [5.41, 5.74) is 8.91. The van der Waals surface area contributed by atoms with Crippen LogP contribution in [-0.2, 0) is 43.7 Å². The molecule has 0 amide bonds. The van der Waals surface area contributed by atoms with E-state index in [9.17, 15) is 35.2 Å². The Hall–Kier alpha value is -3.14.